The van der Waals surface area contributed by atoms with Gasteiger partial charge in [0.1, 0.15) is 11.6 Å². The van der Waals surface area contributed by atoms with E-state index in [1.54, 1.807) is 6.07 Å². The molecule has 0 amide bonds. The minimum atomic E-state index is -1.08. The monoisotopic (exact) mass is 283 g/mol. The molecule has 2 N–H and O–H groups in total. The Bertz CT molecular complexity index is 811. The summed E-state index contributed by atoms with van der Waals surface area (Å²) in [5, 5.41) is 11.9. The number of carboxylic acids is 1. The lowest BCUT2D eigenvalue weighted by molar-refractivity contribution is 0.0660. The van der Waals surface area contributed by atoms with Crippen LogP contribution >= 0.6 is 0 Å². The number of nitrogens with one attached hydrogen (secondary N) is 1. The average Bonchev–Trinajstić information content (AvgIpc) is 2.94. The number of aryl methyl sites for hydroxylation is 1. The molecule has 0 bridgehead atoms. The van der Waals surface area contributed by atoms with Crippen molar-refractivity contribution in [2.45, 2.75) is 13.5 Å². The van der Waals surface area contributed by atoms with Crippen LogP contribution in [0.4, 0.5) is 5.82 Å². The summed E-state index contributed by atoms with van der Waals surface area (Å²) in [7, 11) is 0. The molecule has 0 aliphatic rings. The lowest BCUT2D eigenvalue weighted by Gasteiger charge is -2.08. The molecule has 0 spiro atoms. The summed E-state index contributed by atoms with van der Waals surface area (Å²) >= 11 is 0. The van der Waals surface area contributed by atoms with Gasteiger partial charge in [-0.1, -0.05) is 12.1 Å². The topological polar surface area (TPSA) is 88.2 Å². The van der Waals surface area contributed by atoms with Crippen molar-refractivity contribution in [1.82, 2.24) is 9.97 Å². The molecule has 21 heavy (non-hydrogen) atoms. The van der Waals surface area contributed by atoms with Gasteiger partial charge in [0.25, 0.3) is 0 Å². The molecule has 3 aromatic rings. The molecule has 3 rings (SSSR count). The number of carbonyl (C=O) groups is 1. The van der Waals surface area contributed by atoms with E-state index in [4.69, 9.17) is 9.52 Å². The van der Waals surface area contributed by atoms with E-state index in [1.807, 2.05) is 31.2 Å². The number of anilines is 1. The highest BCUT2D eigenvalue weighted by Gasteiger charge is 2.10. The number of furan rings is 1. The van der Waals surface area contributed by atoms with Crippen LogP contribution in [0.15, 0.2) is 40.8 Å². The van der Waals surface area contributed by atoms with E-state index in [0.717, 1.165) is 16.7 Å². The van der Waals surface area contributed by atoms with Crippen LogP contribution in [-0.4, -0.2) is 21.0 Å². The Morgan fingerprint density at radius 1 is 1.19 bits per heavy atom. The van der Waals surface area contributed by atoms with Gasteiger partial charge in [-0.3, -0.25) is 0 Å². The van der Waals surface area contributed by atoms with Gasteiger partial charge >= 0.3 is 5.97 Å². The zero-order valence-corrected chi connectivity index (χ0v) is 11.3. The number of rotatable bonds is 4. The first-order chi connectivity index (χ1) is 10.1. The maximum absolute atomic E-state index is 10.8. The van der Waals surface area contributed by atoms with Gasteiger partial charge < -0.3 is 14.8 Å². The molecule has 6 nitrogen and oxygen atoms in total. The van der Waals surface area contributed by atoms with Crippen molar-refractivity contribution in [3.05, 3.63) is 53.6 Å². The van der Waals surface area contributed by atoms with Gasteiger partial charge in [0.15, 0.2) is 0 Å². The summed E-state index contributed by atoms with van der Waals surface area (Å²) < 4.78 is 5.18. The van der Waals surface area contributed by atoms with Gasteiger partial charge in [-0.25, -0.2) is 14.8 Å². The van der Waals surface area contributed by atoms with Crippen molar-refractivity contribution >= 4 is 22.8 Å². The van der Waals surface area contributed by atoms with E-state index >= 15 is 0 Å². The van der Waals surface area contributed by atoms with E-state index in [9.17, 15) is 4.79 Å². The van der Waals surface area contributed by atoms with Gasteiger partial charge in [0, 0.05) is 0 Å². The number of aromatic nitrogens is 2. The van der Waals surface area contributed by atoms with Crippen LogP contribution in [0.5, 0.6) is 0 Å². The summed E-state index contributed by atoms with van der Waals surface area (Å²) in [5.41, 5.74) is 2.42. The van der Waals surface area contributed by atoms with Crippen LogP contribution in [-0.2, 0) is 6.54 Å². The molecule has 6 heteroatoms. The zero-order chi connectivity index (χ0) is 14.8. The summed E-state index contributed by atoms with van der Waals surface area (Å²) in [5.74, 6) is 0.0276. The molecule has 0 saturated carbocycles. The lowest BCUT2D eigenvalue weighted by atomic mass is 10.3. The standard InChI is InChI=1S/C15H13N3O3/c1-9-14(18-12-5-3-2-4-11(12)17-9)16-8-10-6-7-13(21-10)15(19)20/h2-7H,8H2,1H3,(H,16,18)(H,19,20). The van der Waals surface area contributed by atoms with E-state index in [0.29, 0.717) is 18.1 Å². The second-order valence-corrected chi connectivity index (χ2v) is 4.57. The third kappa shape index (κ3) is 2.69. The Hall–Kier alpha value is -2.89. The molecular weight excluding hydrogens is 270 g/mol. The zero-order valence-electron chi connectivity index (χ0n) is 11.3. The highest BCUT2D eigenvalue weighted by Crippen LogP contribution is 2.17. The van der Waals surface area contributed by atoms with Crippen LogP contribution in [0.1, 0.15) is 22.0 Å². The van der Waals surface area contributed by atoms with Gasteiger partial charge in [-0.05, 0) is 31.2 Å². The maximum Gasteiger partial charge on any atom is 0.371 e. The van der Waals surface area contributed by atoms with Gasteiger partial charge in [-0.2, -0.15) is 0 Å². The van der Waals surface area contributed by atoms with Crippen LogP contribution < -0.4 is 5.32 Å². The first-order valence-corrected chi connectivity index (χ1v) is 6.43. The van der Waals surface area contributed by atoms with Crippen molar-refractivity contribution < 1.29 is 14.3 Å². The predicted molar refractivity (Wildman–Crippen MR) is 77.3 cm³/mol. The fraction of sp³-hybridized carbons (Fsp3) is 0.133. The largest absolute Gasteiger partial charge is 0.475 e. The molecule has 0 radical (unpaired) electrons. The molecular formula is C15H13N3O3. The van der Waals surface area contributed by atoms with Crippen molar-refractivity contribution in [3.63, 3.8) is 0 Å². The average molecular weight is 283 g/mol. The minimum Gasteiger partial charge on any atom is -0.475 e. The Morgan fingerprint density at radius 3 is 2.57 bits per heavy atom. The molecule has 106 valence electrons. The van der Waals surface area contributed by atoms with E-state index in [-0.39, 0.29) is 5.76 Å². The maximum atomic E-state index is 10.8. The fourth-order valence-corrected chi connectivity index (χ4v) is 2.01. The fourth-order valence-electron chi connectivity index (χ4n) is 2.01. The SMILES string of the molecule is Cc1nc2ccccc2nc1NCc1ccc(C(=O)O)o1. The first-order valence-electron chi connectivity index (χ1n) is 6.43. The second-order valence-electron chi connectivity index (χ2n) is 4.57. The quantitative estimate of drug-likeness (QED) is 0.765. The molecule has 1 aromatic carbocycles. The number of hydrogen-bond donors (Lipinski definition) is 2. The van der Waals surface area contributed by atoms with Gasteiger partial charge in [0.05, 0.1) is 23.3 Å². The predicted octanol–water partition coefficient (Wildman–Crippen LogP) is 2.84. The Kier molecular flexibility index (Phi) is 3.27. The van der Waals surface area contributed by atoms with Crippen LogP contribution in [0, 0.1) is 6.92 Å². The Morgan fingerprint density at radius 2 is 1.90 bits per heavy atom. The number of aromatic carboxylic acids is 1. The van der Waals surface area contributed by atoms with Gasteiger partial charge in [0.2, 0.25) is 5.76 Å². The summed E-state index contributed by atoms with van der Waals surface area (Å²) in [6, 6.07) is 10.7. The first kappa shape index (κ1) is 13.1. The van der Waals surface area contributed by atoms with Crippen molar-refractivity contribution in [2.24, 2.45) is 0 Å². The molecule has 0 saturated heterocycles. The number of carboxylic acid groups (broad SMARTS) is 1. The molecule has 2 aromatic heterocycles. The Balaban J connectivity index is 1.80. The van der Waals surface area contributed by atoms with Crippen LogP contribution in [0.25, 0.3) is 11.0 Å². The van der Waals surface area contributed by atoms with E-state index in [2.05, 4.69) is 15.3 Å². The molecule has 2 heterocycles. The summed E-state index contributed by atoms with van der Waals surface area (Å²) in [6.45, 7) is 2.22. The third-order valence-corrected chi connectivity index (χ3v) is 3.05. The highest BCUT2D eigenvalue weighted by atomic mass is 16.4. The Labute approximate surface area is 120 Å². The molecule has 0 unspecified atom stereocenters. The lowest BCUT2D eigenvalue weighted by Crippen LogP contribution is -2.04. The number of nitrogens with zero attached hydrogens (tertiary/aromatic N) is 2. The number of fused-ring (bicyclic) bond motifs is 1. The second kappa shape index (κ2) is 5.24. The molecule has 0 aliphatic carbocycles. The summed E-state index contributed by atoms with van der Waals surface area (Å²) in [4.78, 5) is 19.7. The highest BCUT2D eigenvalue weighted by molar-refractivity contribution is 5.84. The third-order valence-electron chi connectivity index (χ3n) is 3.05. The number of para-hydroxylation sites is 2. The van der Waals surface area contributed by atoms with Crippen molar-refractivity contribution in [2.75, 3.05) is 5.32 Å². The van der Waals surface area contributed by atoms with E-state index < -0.39 is 5.97 Å². The molecule has 0 atom stereocenters. The van der Waals surface area contributed by atoms with Crippen LogP contribution in [0.3, 0.4) is 0 Å². The van der Waals surface area contributed by atoms with Crippen LogP contribution in [0.2, 0.25) is 0 Å². The molecule has 0 fully saturated rings. The van der Waals surface area contributed by atoms with Gasteiger partial charge in [-0.15, -0.1) is 0 Å². The molecule has 0 aliphatic heterocycles. The normalized spacial score (nSPS) is 10.7. The number of hydrogen-bond acceptors (Lipinski definition) is 5. The van der Waals surface area contributed by atoms with Crippen molar-refractivity contribution in [1.29, 1.82) is 0 Å². The van der Waals surface area contributed by atoms with E-state index in [1.165, 1.54) is 6.07 Å². The smallest absolute Gasteiger partial charge is 0.371 e. The van der Waals surface area contributed by atoms with Crippen molar-refractivity contribution in [3.8, 4) is 0 Å². The number of benzene rings is 1. The minimum absolute atomic E-state index is 0.0758. The summed E-state index contributed by atoms with van der Waals surface area (Å²) in [6.07, 6.45) is 0.